The number of allylic oxidation sites excluding steroid dienone is 4. The van der Waals surface area contributed by atoms with Crippen LogP contribution < -0.4 is 10.6 Å². The summed E-state index contributed by atoms with van der Waals surface area (Å²) in [4.78, 5) is 12.4. The average Bonchev–Trinajstić information content (AvgIpc) is 2.95. The molecule has 6 atom stereocenters. The number of ether oxygens (including phenoxy) is 1. The number of cyclic esters (lactones) is 1. The largest absolute Gasteiger partial charge is 0.460 e. The zero-order chi connectivity index (χ0) is 21.3. The smallest absolute Gasteiger partial charge is 0.338 e. The van der Waals surface area contributed by atoms with Crippen LogP contribution in [0.25, 0.3) is 0 Å². The number of benzene rings is 1. The molecule has 30 heavy (non-hydrogen) atoms. The predicted octanol–water partition coefficient (Wildman–Crippen LogP) is 4.00. The van der Waals surface area contributed by atoms with Crippen LogP contribution in [0.3, 0.4) is 0 Å². The molecule has 0 unspecified atom stereocenters. The molecule has 3 N–H and O–H groups in total. The van der Waals surface area contributed by atoms with Gasteiger partial charge in [0.15, 0.2) is 5.60 Å². The molecule has 2 heterocycles. The Hall–Kier alpha value is -2.53. The Balaban J connectivity index is 1.52. The summed E-state index contributed by atoms with van der Waals surface area (Å²) in [6, 6.07) is 10.1. The van der Waals surface area contributed by atoms with Crippen molar-refractivity contribution >= 4 is 11.7 Å². The first-order valence-corrected chi connectivity index (χ1v) is 11.0. The minimum absolute atomic E-state index is 0.0979. The second-order valence-electron chi connectivity index (χ2n) is 8.91. The van der Waals surface area contributed by atoms with E-state index in [0.717, 1.165) is 23.5 Å². The lowest BCUT2D eigenvalue weighted by molar-refractivity contribution is -0.160. The molecule has 1 saturated carbocycles. The normalized spacial score (nSPS) is 35.9. The van der Waals surface area contributed by atoms with Crippen molar-refractivity contribution < 1.29 is 14.6 Å². The number of rotatable bonds is 5. The van der Waals surface area contributed by atoms with Crippen LogP contribution >= 0.6 is 0 Å². The maximum Gasteiger partial charge on any atom is 0.338 e. The Labute approximate surface area is 178 Å². The molecule has 0 bridgehead atoms. The van der Waals surface area contributed by atoms with Crippen LogP contribution in [0.1, 0.15) is 33.6 Å². The van der Waals surface area contributed by atoms with Gasteiger partial charge >= 0.3 is 5.97 Å². The fourth-order valence-corrected chi connectivity index (χ4v) is 5.57. The van der Waals surface area contributed by atoms with E-state index in [9.17, 15) is 9.90 Å². The summed E-state index contributed by atoms with van der Waals surface area (Å²) in [7, 11) is 0. The first kappa shape index (κ1) is 20.7. The summed E-state index contributed by atoms with van der Waals surface area (Å²) in [5.74, 6) is 0.129. The molecule has 160 valence electrons. The molecule has 1 aliphatic carbocycles. The second-order valence-corrected chi connectivity index (χ2v) is 8.91. The monoisotopic (exact) mass is 408 g/mol. The third-order valence-electron chi connectivity index (χ3n) is 6.97. The number of fused-ring (bicyclic) bond motifs is 1. The van der Waals surface area contributed by atoms with Crippen LogP contribution in [-0.2, 0) is 9.53 Å². The van der Waals surface area contributed by atoms with Crippen LogP contribution in [0.15, 0.2) is 66.0 Å². The van der Waals surface area contributed by atoms with E-state index in [4.69, 9.17) is 4.74 Å². The first-order chi connectivity index (χ1) is 14.4. The number of para-hydroxylation sites is 1. The molecule has 3 aliphatic rings. The Bertz CT molecular complexity index is 876. The quantitative estimate of drug-likeness (QED) is 0.643. The van der Waals surface area contributed by atoms with Crippen LogP contribution in [0.2, 0.25) is 0 Å². The molecule has 0 aromatic heterocycles. The number of nitrogens with one attached hydrogen (secondary N) is 2. The van der Waals surface area contributed by atoms with Gasteiger partial charge in [-0.05, 0) is 61.5 Å². The standard InChI is InChI=1S/C25H32N2O3/c1-4-21-16(2)14-25(29)23(17(3)30-24(25)28)22(21)13-12-18-10-11-20(15-26-18)27-19-8-6-5-7-9-19/h5-13,16-17,21-23,26-27,29H,4,14-15H2,1-3H3/b13-12+/t16-,17+,21+,22-,23-,25-/m0/s1. The highest BCUT2D eigenvalue weighted by atomic mass is 16.6. The van der Waals surface area contributed by atoms with Crippen LogP contribution in [0.4, 0.5) is 5.69 Å². The van der Waals surface area contributed by atoms with Gasteiger partial charge in [-0.15, -0.1) is 0 Å². The summed E-state index contributed by atoms with van der Waals surface area (Å²) < 4.78 is 5.47. The number of anilines is 1. The summed E-state index contributed by atoms with van der Waals surface area (Å²) in [6.07, 6.45) is 9.66. The highest BCUT2D eigenvalue weighted by Gasteiger charge is 2.62. The minimum Gasteiger partial charge on any atom is -0.460 e. The van der Waals surface area contributed by atoms with Crippen molar-refractivity contribution in [3.05, 3.63) is 66.0 Å². The molecule has 2 fully saturated rings. The lowest BCUT2D eigenvalue weighted by atomic mass is 9.59. The van der Waals surface area contributed by atoms with E-state index in [1.165, 1.54) is 0 Å². The van der Waals surface area contributed by atoms with E-state index >= 15 is 0 Å². The van der Waals surface area contributed by atoms with Gasteiger partial charge in [0, 0.05) is 23.0 Å². The number of aliphatic hydroxyl groups is 1. The zero-order valence-electron chi connectivity index (χ0n) is 18.0. The van der Waals surface area contributed by atoms with E-state index < -0.39 is 11.6 Å². The lowest BCUT2D eigenvalue weighted by Gasteiger charge is -2.45. The SMILES string of the molecule is CC[C@H]1[C@H](/C=C/C2=CC=C(Nc3ccccc3)CN2)[C@@H]2[C@@H](C)OC(=O)[C@]2(O)C[C@@H]1C. The molecule has 4 rings (SSSR count). The summed E-state index contributed by atoms with van der Waals surface area (Å²) in [6.45, 7) is 6.96. The van der Waals surface area contributed by atoms with Crippen molar-refractivity contribution in [3.8, 4) is 0 Å². The van der Waals surface area contributed by atoms with Crippen molar-refractivity contribution in [1.29, 1.82) is 0 Å². The predicted molar refractivity (Wildman–Crippen MR) is 118 cm³/mol. The number of hydrogen-bond acceptors (Lipinski definition) is 5. The van der Waals surface area contributed by atoms with E-state index in [2.05, 4.69) is 48.8 Å². The number of esters is 1. The average molecular weight is 409 g/mol. The minimum atomic E-state index is -1.36. The van der Waals surface area contributed by atoms with E-state index in [1.807, 2.05) is 37.3 Å². The Morgan fingerprint density at radius 3 is 2.70 bits per heavy atom. The van der Waals surface area contributed by atoms with Crippen LogP contribution in [0.5, 0.6) is 0 Å². The molecule has 1 aromatic carbocycles. The number of hydrogen-bond donors (Lipinski definition) is 3. The van der Waals surface area contributed by atoms with Gasteiger partial charge in [0.1, 0.15) is 6.10 Å². The van der Waals surface area contributed by atoms with Gasteiger partial charge in [0.25, 0.3) is 0 Å². The van der Waals surface area contributed by atoms with Crippen molar-refractivity contribution in [2.75, 3.05) is 11.9 Å². The zero-order valence-corrected chi connectivity index (χ0v) is 18.0. The van der Waals surface area contributed by atoms with Crippen molar-refractivity contribution in [2.45, 2.75) is 45.3 Å². The van der Waals surface area contributed by atoms with E-state index in [-0.39, 0.29) is 23.9 Å². The third-order valence-corrected chi connectivity index (χ3v) is 6.97. The Morgan fingerprint density at radius 2 is 2.03 bits per heavy atom. The van der Waals surface area contributed by atoms with Gasteiger partial charge in [0.2, 0.25) is 0 Å². The molecule has 5 heteroatoms. The first-order valence-electron chi connectivity index (χ1n) is 11.0. The fourth-order valence-electron chi connectivity index (χ4n) is 5.57. The molecular formula is C25H32N2O3. The van der Waals surface area contributed by atoms with Gasteiger partial charge in [-0.2, -0.15) is 0 Å². The Morgan fingerprint density at radius 1 is 1.27 bits per heavy atom. The molecular weight excluding hydrogens is 376 g/mol. The summed E-state index contributed by atoms with van der Waals surface area (Å²) in [5.41, 5.74) is 1.84. The summed E-state index contributed by atoms with van der Waals surface area (Å²) in [5, 5.41) is 18.0. The third kappa shape index (κ3) is 3.79. The maximum absolute atomic E-state index is 12.4. The number of dihydropyridines is 1. The van der Waals surface area contributed by atoms with Crippen molar-refractivity contribution in [1.82, 2.24) is 5.32 Å². The van der Waals surface area contributed by atoms with Crippen molar-refractivity contribution in [2.24, 2.45) is 23.7 Å². The van der Waals surface area contributed by atoms with Gasteiger partial charge in [-0.1, -0.05) is 44.5 Å². The van der Waals surface area contributed by atoms with Crippen LogP contribution in [0, 0.1) is 23.7 Å². The number of carbonyl (C=O) groups is 1. The molecule has 2 aliphatic heterocycles. The molecule has 0 amide bonds. The lowest BCUT2D eigenvalue weighted by Crippen LogP contribution is -2.53. The van der Waals surface area contributed by atoms with Gasteiger partial charge < -0.3 is 20.5 Å². The van der Waals surface area contributed by atoms with E-state index in [1.54, 1.807) is 0 Å². The topological polar surface area (TPSA) is 70.6 Å². The van der Waals surface area contributed by atoms with E-state index in [0.29, 0.717) is 18.9 Å². The van der Waals surface area contributed by atoms with Crippen LogP contribution in [-0.4, -0.2) is 29.3 Å². The summed E-state index contributed by atoms with van der Waals surface area (Å²) >= 11 is 0. The maximum atomic E-state index is 12.4. The Kier molecular flexibility index (Phi) is 5.74. The van der Waals surface area contributed by atoms with Gasteiger partial charge in [0.05, 0.1) is 6.54 Å². The van der Waals surface area contributed by atoms with Gasteiger partial charge in [-0.25, -0.2) is 4.79 Å². The molecule has 0 spiro atoms. The fraction of sp³-hybridized carbons (Fsp3) is 0.480. The highest BCUT2D eigenvalue weighted by Crippen LogP contribution is 2.52. The molecule has 5 nitrogen and oxygen atoms in total. The molecule has 1 aromatic rings. The van der Waals surface area contributed by atoms with Gasteiger partial charge in [-0.3, -0.25) is 0 Å². The molecule has 1 saturated heterocycles. The number of carbonyl (C=O) groups excluding carboxylic acids is 1. The van der Waals surface area contributed by atoms with Crippen molar-refractivity contribution in [3.63, 3.8) is 0 Å². The second kappa shape index (κ2) is 8.31. The highest BCUT2D eigenvalue weighted by molar-refractivity contribution is 5.82. The molecule has 0 radical (unpaired) electrons.